The van der Waals surface area contributed by atoms with Gasteiger partial charge in [0.15, 0.2) is 0 Å². The third kappa shape index (κ3) is 5.55. The third-order valence-electron chi connectivity index (χ3n) is 0.372. The van der Waals surface area contributed by atoms with Crippen molar-refractivity contribution in [3.63, 3.8) is 0 Å². The van der Waals surface area contributed by atoms with Crippen LogP contribution >= 0.6 is 0 Å². The van der Waals surface area contributed by atoms with Crippen LogP contribution in [0.4, 0.5) is 0 Å². The maximum Gasteiger partial charge on any atom is 0.0478 e. The fraction of sp³-hybridized carbons (Fsp3) is 0.667. The van der Waals surface area contributed by atoms with E-state index in [0.29, 0.717) is 0 Å². The molecule has 0 aromatic heterocycles. The largest absolute Gasteiger partial charge is 0.762 e. The SMILES string of the molecule is CC(=N)CN([O-])O. The normalized spacial score (nSPS) is 9.71. The summed E-state index contributed by atoms with van der Waals surface area (Å²) in [6.45, 7) is 1.22. The highest BCUT2D eigenvalue weighted by atomic mass is 16.8. The van der Waals surface area contributed by atoms with Crippen LogP contribution in [-0.4, -0.2) is 22.7 Å². The molecule has 0 aliphatic carbocycles. The smallest absolute Gasteiger partial charge is 0.0478 e. The van der Waals surface area contributed by atoms with E-state index in [2.05, 4.69) is 0 Å². The Morgan fingerprint density at radius 2 is 2.43 bits per heavy atom. The van der Waals surface area contributed by atoms with Gasteiger partial charge in [-0.15, -0.1) is 0 Å². The number of hydrogen-bond donors (Lipinski definition) is 2. The molecule has 0 bridgehead atoms. The van der Waals surface area contributed by atoms with E-state index in [1.807, 2.05) is 0 Å². The lowest BCUT2D eigenvalue weighted by molar-refractivity contribution is -0.0248. The van der Waals surface area contributed by atoms with Gasteiger partial charge in [0.2, 0.25) is 0 Å². The van der Waals surface area contributed by atoms with E-state index in [0.717, 1.165) is 0 Å². The van der Waals surface area contributed by atoms with Gasteiger partial charge in [0.05, 0.1) is 0 Å². The maximum atomic E-state index is 9.59. The molecule has 0 rings (SSSR count). The molecule has 0 unspecified atom stereocenters. The molecule has 0 spiro atoms. The Labute approximate surface area is 41.4 Å². The van der Waals surface area contributed by atoms with E-state index in [1.54, 1.807) is 0 Å². The zero-order valence-electron chi connectivity index (χ0n) is 4.01. The van der Waals surface area contributed by atoms with Gasteiger partial charge in [-0.05, 0) is 6.92 Å². The number of rotatable bonds is 2. The van der Waals surface area contributed by atoms with Gasteiger partial charge in [0, 0.05) is 12.3 Å². The molecule has 2 N–H and O–H groups in total. The molecule has 42 valence electrons. The molecule has 0 saturated heterocycles. The van der Waals surface area contributed by atoms with Gasteiger partial charge in [-0.1, -0.05) is 0 Å². The molecule has 0 aliphatic rings. The molecule has 0 fully saturated rings. The van der Waals surface area contributed by atoms with Crippen LogP contribution in [0, 0.1) is 10.6 Å². The molecule has 0 aromatic rings. The topological polar surface area (TPSA) is 70.4 Å². The monoisotopic (exact) mass is 103 g/mol. The lowest BCUT2D eigenvalue weighted by Gasteiger charge is -2.17. The fourth-order valence-electron chi connectivity index (χ4n) is 0.203. The minimum absolute atomic E-state index is 0.150. The molecule has 0 atom stereocenters. The molecule has 4 heteroatoms. The molecular formula is C3H7N2O2-. The number of hydrogen-bond acceptors (Lipinski definition) is 4. The Bertz CT molecular complexity index is 71.3. The molecule has 0 aromatic carbocycles. The number of nitrogens with one attached hydrogen (secondary N) is 1. The average molecular weight is 103 g/mol. The highest BCUT2D eigenvalue weighted by molar-refractivity contribution is 5.80. The zero-order chi connectivity index (χ0) is 5.86. The van der Waals surface area contributed by atoms with Gasteiger partial charge in [-0.3, -0.25) is 5.23 Å². The minimum atomic E-state index is -0.275. The van der Waals surface area contributed by atoms with Gasteiger partial charge in [0.25, 0.3) is 0 Å². The van der Waals surface area contributed by atoms with Crippen molar-refractivity contribution in [2.24, 2.45) is 0 Å². The standard InChI is InChI=1S/C3H7N2O2/c1-3(4)2-5(6)7/h4,6H,2H2,1H3/q-1. The number of nitrogens with zero attached hydrogens (tertiary/aromatic N) is 1. The Hall–Kier alpha value is -0.450. The summed E-state index contributed by atoms with van der Waals surface area (Å²) in [5, 5.41) is 23.8. The highest BCUT2D eigenvalue weighted by Crippen LogP contribution is 1.74. The molecule has 7 heavy (non-hydrogen) atoms. The minimum Gasteiger partial charge on any atom is -0.762 e. The van der Waals surface area contributed by atoms with Crippen LogP contribution in [0.15, 0.2) is 0 Å². The van der Waals surface area contributed by atoms with E-state index >= 15 is 0 Å². The van der Waals surface area contributed by atoms with Crippen molar-refractivity contribution in [3.05, 3.63) is 5.21 Å². The second-order valence-electron chi connectivity index (χ2n) is 1.29. The van der Waals surface area contributed by atoms with Crippen molar-refractivity contribution in [2.75, 3.05) is 6.54 Å². The van der Waals surface area contributed by atoms with Gasteiger partial charge < -0.3 is 15.8 Å². The summed E-state index contributed by atoms with van der Waals surface area (Å²) in [7, 11) is 0. The summed E-state index contributed by atoms with van der Waals surface area (Å²) >= 11 is 0. The second kappa shape index (κ2) is 2.68. The predicted molar refractivity (Wildman–Crippen MR) is 25.3 cm³/mol. The summed E-state index contributed by atoms with van der Waals surface area (Å²) in [6, 6.07) is 0. The Morgan fingerprint density at radius 3 is 2.43 bits per heavy atom. The molecule has 0 heterocycles. The van der Waals surface area contributed by atoms with Gasteiger partial charge in [-0.25, -0.2) is 0 Å². The summed E-state index contributed by atoms with van der Waals surface area (Å²) < 4.78 is 0. The van der Waals surface area contributed by atoms with Crippen molar-refractivity contribution < 1.29 is 5.21 Å². The van der Waals surface area contributed by atoms with E-state index in [4.69, 9.17) is 10.6 Å². The van der Waals surface area contributed by atoms with Crippen LogP contribution in [0.25, 0.3) is 0 Å². The van der Waals surface area contributed by atoms with Crippen molar-refractivity contribution in [1.82, 2.24) is 5.23 Å². The molecular weight excluding hydrogens is 96.0 g/mol. The lowest BCUT2D eigenvalue weighted by atomic mass is 10.4. The van der Waals surface area contributed by atoms with Crippen LogP contribution in [0.2, 0.25) is 0 Å². The summed E-state index contributed by atoms with van der Waals surface area (Å²) in [6.07, 6.45) is 0. The third-order valence-corrected chi connectivity index (χ3v) is 0.372. The van der Waals surface area contributed by atoms with Crippen LogP contribution < -0.4 is 0 Å². The number of hydroxylamine groups is 2. The summed E-state index contributed by atoms with van der Waals surface area (Å²) in [5.74, 6) is 0. The van der Waals surface area contributed by atoms with Crippen molar-refractivity contribution in [3.8, 4) is 0 Å². The highest BCUT2D eigenvalue weighted by Gasteiger charge is 1.83. The van der Waals surface area contributed by atoms with E-state index in [9.17, 15) is 5.21 Å². The van der Waals surface area contributed by atoms with Crippen LogP contribution in [0.1, 0.15) is 6.92 Å². The molecule has 0 aliphatic heterocycles. The molecule has 0 saturated carbocycles. The Morgan fingerprint density at radius 1 is 2.00 bits per heavy atom. The first-order chi connectivity index (χ1) is 3.13. The Kier molecular flexibility index (Phi) is 2.51. The second-order valence-corrected chi connectivity index (χ2v) is 1.29. The first-order valence-electron chi connectivity index (χ1n) is 1.80. The van der Waals surface area contributed by atoms with Crippen molar-refractivity contribution in [1.29, 1.82) is 5.41 Å². The quantitative estimate of drug-likeness (QED) is 0.388. The lowest BCUT2D eigenvalue weighted by Crippen LogP contribution is -2.17. The molecule has 4 nitrogen and oxygen atoms in total. The van der Waals surface area contributed by atoms with E-state index < -0.39 is 0 Å². The molecule has 0 radical (unpaired) electrons. The first-order valence-corrected chi connectivity index (χ1v) is 1.80. The van der Waals surface area contributed by atoms with E-state index in [1.165, 1.54) is 6.92 Å². The summed E-state index contributed by atoms with van der Waals surface area (Å²) in [5.41, 5.74) is 0.150. The van der Waals surface area contributed by atoms with Crippen LogP contribution in [-0.2, 0) is 0 Å². The summed E-state index contributed by atoms with van der Waals surface area (Å²) in [4.78, 5) is 0. The van der Waals surface area contributed by atoms with Crippen LogP contribution in [0.3, 0.4) is 0 Å². The Balaban J connectivity index is 3.13. The zero-order valence-corrected chi connectivity index (χ0v) is 4.01. The van der Waals surface area contributed by atoms with Gasteiger partial charge in [0.1, 0.15) is 0 Å². The fourth-order valence-corrected chi connectivity index (χ4v) is 0.203. The first kappa shape index (κ1) is 6.55. The van der Waals surface area contributed by atoms with Gasteiger partial charge >= 0.3 is 0 Å². The predicted octanol–water partition coefficient (Wildman–Crippen LogP) is 0.215. The van der Waals surface area contributed by atoms with Crippen LogP contribution in [0.5, 0.6) is 0 Å². The van der Waals surface area contributed by atoms with Crippen molar-refractivity contribution in [2.45, 2.75) is 6.92 Å². The molecule has 0 amide bonds. The average Bonchev–Trinajstić information content (AvgIpc) is 1.27. The maximum absolute atomic E-state index is 9.59. The van der Waals surface area contributed by atoms with Crippen molar-refractivity contribution >= 4 is 5.71 Å². The van der Waals surface area contributed by atoms with Gasteiger partial charge in [-0.2, -0.15) is 0 Å². The van der Waals surface area contributed by atoms with E-state index in [-0.39, 0.29) is 17.5 Å².